The summed E-state index contributed by atoms with van der Waals surface area (Å²) in [5, 5.41) is 9.10. The van der Waals surface area contributed by atoms with Crippen molar-refractivity contribution in [3.63, 3.8) is 0 Å². The summed E-state index contributed by atoms with van der Waals surface area (Å²) in [5.41, 5.74) is 1.06. The van der Waals surface area contributed by atoms with Crippen LogP contribution in [-0.2, 0) is 16.1 Å². The molecular formula is C23H34N2O3. The fraction of sp³-hybridized carbons (Fsp3) is 0.652. The van der Waals surface area contributed by atoms with E-state index >= 15 is 0 Å². The predicted octanol–water partition coefficient (Wildman–Crippen LogP) is 4.07. The van der Waals surface area contributed by atoms with Crippen LogP contribution < -0.4 is 0 Å². The SMILES string of the molecule is O=C(O)CC(=O)N(Cc1ccccc1)C1CCN(C2CCCCCCC2)CC1. The van der Waals surface area contributed by atoms with Gasteiger partial charge in [0.15, 0.2) is 0 Å². The second kappa shape index (κ2) is 10.6. The van der Waals surface area contributed by atoms with Crippen LogP contribution in [0.25, 0.3) is 0 Å². The lowest BCUT2D eigenvalue weighted by Gasteiger charge is -2.42. The average molecular weight is 387 g/mol. The Morgan fingerprint density at radius 2 is 1.54 bits per heavy atom. The van der Waals surface area contributed by atoms with Crippen LogP contribution in [0.15, 0.2) is 30.3 Å². The smallest absolute Gasteiger partial charge is 0.312 e. The maximum atomic E-state index is 12.7. The summed E-state index contributed by atoms with van der Waals surface area (Å²) in [7, 11) is 0. The minimum Gasteiger partial charge on any atom is -0.481 e. The predicted molar refractivity (Wildman–Crippen MR) is 110 cm³/mol. The van der Waals surface area contributed by atoms with Gasteiger partial charge in [-0.05, 0) is 31.2 Å². The largest absolute Gasteiger partial charge is 0.481 e. The highest BCUT2D eigenvalue weighted by Gasteiger charge is 2.31. The monoisotopic (exact) mass is 386 g/mol. The number of benzene rings is 1. The van der Waals surface area contributed by atoms with E-state index in [4.69, 9.17) is 5.11 Å². The topological polar surface area (TPSA) is 60.9 Å². The quantitative estimate of drug-likeness (QED) is 0.749. The Balaban J connectivity index is 1.61. The molecule has 2 fully saturated rings. The van der Waals surface area contributed by atoms with Gasteiger partial charge < -0.3 is 14.9 Å². The number of carboxylic acid groups (broad SMARTS) is 1. The first-order valence-corrected chi connectivity index (χ1v) is 10.9. The summed E-state index contributed by atoms with van der Waals surface area (Å²) in [5.74, 6) is -1.31. The molecule has 1 aliphatic heterocycles. The maximum Gasteiger partial charge on any atom is 0.312 e. The van der Waals surface area contributed by atoms with Crippen molar-refractivity contribution in [3.05, 3.63) is 35.9 Å². The Hall–Kier alpha value is -1.88. The van der Waals surface area contributed by atoms with Gasteiger partial charge in [0, 0.05) is 31.7 Å². The summed E-state index contributed by atoms with van der Waals surface area (Å²) in [6.07, 6.45) is 10.8. The van der Waals surface area contributed by atoms with Gasteiger partial charge in [-0.3, -0.25) is 9.59 Å². The van der Waals surface area contributed by atoms with E-state index < -0.39 is 12.4 Å². The number of nitrogens with zero attached hydrogens (tertiary/aromatic N) is 2. The minimum absolute atomic E-state index is 0.136. The molecular weight excluding hydrogens is 352 g/mol. The van der Waals surface area contributed by atoms with Crippen LogP contribution in [0, 0.1) is 0 Å². The van der Waals surface area contributed by atoms with Gasteiger partial charge >= 0.3 is 5.97 Å². The molecule has 1 aromatic carbocycles. The number of hydrogen-bond donors (Lipinski definition) is 1. The molecule has 1 aromatic rings. The van der Waals surface area contributed by atoms with Crippen LogP contribution in [0.2, 0.25) is 0 Å². The van der Waals surface area contributed by atoms with Gasteiger partial charge in [-0.2, -0.15) is 0 Å². The van der Waals surface area contributed by atoms with Crippen LogP contribution in [0.3, 0.4) is 0 Å². The fourth-order valence-corrected chi connectivity index (χ4v) is 4.79. The van der Waals surface area contributed by atoms with Crippen LogP contribution >= 0.6 is 0 Å². The zero-order valence-electron chi connectivity index (χ0n) is 16.9. The lowest BCUT2D eigenvalue weighted by atomic mass is 9.93. The van der Waals surface area contributed by atoms with Gasteiger partial charge in [0.25, 0.3) is 0 Å². The molecule has 0 aromatic heterocycles. The van der Waals surface area contributed by atoms with Crippen LogP contribution in [0.5, 0.6) is 0 Å². The van der Waals surface area contributed by atoms with Crippen molar-refractivity contribution < 1.29 is 14.7 Å². The van der Waals surface area contributed by atoms with Gasteiger partial charge in [-0.1, -0.05) is 62.4 Å². The Morgan fingerprint density at radius 3 is 2.14 bits per heavy atom. The summed E-state index contributed by atoms with van der Waals surface area (Å²) in [4.78, 5) is 28.2. The molecule has 1 aliphatic carbocycles. The van der Waals surface area contributed by atoms with Crippen LogP contribution in [-0.4, -0.2) is 52.0 Å². The molecule has 5 heteroatoms. The Labute approximate surface area is 168 Å². The van der Waals surface area contributed by atoms with E-state index in [-0.39, 0.29) is 11.9 Å². The first-order chi connectivity index (χ1) is 13.6. The van der Waals surface area contributed by atoms with Gasteiger partial charge in [0.05, 0.1) is 0 Å². The summed E-state index contributed by atoms with van der Waals surface area (Å²) in [6.45, 7) is 2.53. The molecule has 5 nitrogen and oxygen atoms in total. The molecule has 3 rings (SSSR count). The number of carboxylic acids is 1. The zero-order chi connectivity index (χ0) is 19.8. The number of carbonyl (C=O) groups is 2. The van der Waals surface area contributed by atoms with Gasteiger partial charge in [0.2, 0.25) is 5.91 Å². The molecule has 1 amide bonds. The first-order valence-electron chi connectivity index (χ1n) is 10.9. The van der Waals surface area contributed by atoms with E-state index in [1.165, 1.54) is 44.9 Å². The first kappa shape index (κ1) is 20.8. The highest BCUT2D eigenvalue weighted by molar-refractivity contribution is 5.93. The number of piperidine rings is 1. The van der Waals surface area contributed by atoms with E-state index in [1.807, 2.05) is 35.2 Å². The van der Waals surface area contributed by atoms with E-state index in [0.717, 1.165) is 31.5 Å². The van der Waals surface area contributed by atoms with Crippen molar-refractivity contribution in [2.45, 2.75) is 82.8 Å². The molecule has 1 heterocycles. The van der Waals surface area contributed by atoms with Crippen molar-refractivity contribution in [1.29, 1.82) is 0 Å². The molecule has 154 valence electrons. The number of likely N-dealkylation sites (tertiary alicyclic amines) is 1. The number of hydrogen-bond acceptors (Lipinski definition) is 3. The lowest BCUT2D eigenvalue weighted by molar-refractivity contribution is -0.146. The van der Waals surface area contributed by atoms with E-state index in [2.05, 4.69) is 4.90 Å². The summed E-state index contributed by atoms with van der Waals surface area (Å²) in [6, 6.07) is 10.7. The molecule has 0 atom stereocenters. The van der Waals surface area contributed by atoms with Crippen molar-refractivity contribution >= 4 is 11.9 Å². The molecule has 0 unspecified atom stereocenters. The van der Waals surface area contributed by atoms with Crippen molar-refractivity contribution in [2.75, 3.05) is 13.1 Å². The molecule has 28 heavy (non-hydrogen) atoms. The third kappa shape index (κ3) is 6.06. The highest BCUT2D eigenvalue weighted by atomic mass is 16.4. The van der Waals surface area contributed by atoms with Crippen molar-refractivity contribution in [2.24, 2.45) is 0 Å². The molecule has 1 saturated heterocycles. The highest BCUT2D eigenvalue weighted by Crippen LogP contribution is 2.26. The van der Waals surface area contributed by atoms with Gasteiger partial charge in [-0.25, -0.2) is 0 Å². The normalized spacial score (nSPS) is 20.3. The molecule has 0 spiro atoms. The van der Waals surface area contributed by atoms with Crippen LogP contribution in [0.4, 0.5) is 0 Å². The second-order valence-corrected chi connectivity index (χ2v) is 8.34. The lowest BCUT2D eigenvalue weighted by Crippen LogP contribution is -2.50. The molecule has 0 bridgehead atoms. The summed E-state index contributed by atoms with van der Waals surface area (Å²) < 4.78 is 0. The zero-order valence-corrected chi connectivity index (χ0v) is 16.9. The Kier molecular flexibility index (Phi) is 7.90. The van der Waals surface area contributed by atoms with Crippen molar-refractivity contribution in [3.8, 4) is 0 Å². The number of carbonyl (C=O) groups excluding carboxylic acids is 1. The van der Waals surface area contributed by atoms with E-state index in [1.54, 1.807) is 0 Å². The molecule has 2 aliphatic rings. The average Bonchev–Trinajstić information content (AvgIpc) is 2.66. The van der Waals surface area contributed by atoms with E-state index in [0.29, 0.717) is 12.6 Å². The second-order valence-electron chi connectivity index (χ2n) is 8.34. The third-order valence-electron chi connectivity index (χ3n) is 6.35. The molecule has 1 saturated carbocycles. The third-order valence-corrected chi connectivity index (χ3v) is 6.35. The van der Waals surface area contributed by atoms with Gasteiger partial charge in [-0.15, -0.1) is 0 Å². The minimum atomic E-state index is -1.05. The Bertz CT molecular complexity index is 618. The van der Waals surface area contributed by atoms with Crippen LogP contribution in [0.1, 0.15) is 69.8 Å². The van der Waals surface area contributed by atoms with E-state index in [9.17, 15) is 9.59 Å². The van der Waals surface area contributed by atoms with Crippen molar-refractivity contribution in [1.82, 2.24) is 9.80 Å². The molecule has 1 N–H and O–H groups in total. The Morgan fingerprint density at radius 1 is 0.929 bits per heavy atom. The molecule has 0 radical (unpaired) electrons. The van der Waals surface area contributed by atoms with Gasteiger partial charge in [0.1, 0.15) is 6.42 Å². The summed E-state index contributed by atoms with van der Waals surface area (Å²) >= 11 is 0. The number of aliphatic carboxylic acids is 1. The standard InChI is InChI=1S/C23H34N2O3/c26-22(17-23(27)28)25(18-19-9-5-4-6-10-19)21-13-15-24(16-14-21)20-11-7-2-1-3-8-12-20/h4-6,9-10,20-21H,1-3,7-8,11-18H2,(H,27,28). The fourth-order valence-electron chi connectivity index (χ4n) is 4.79. The number of rotatable bonds is 6. The maximum absolute atomic E-state index is 12.7. The number of amides is 1.